The maximum absolute atomic E-state index is 13.2. The van der Waals surface area contributed by atoms with Crippen molar-refractivity contribution >= 4 is 29.1 Å². The quantitative estimate of drug-likeness (QED) is 0.235. The zero-order valence-corrected chi connectivity index (χ0v) is 20.7. The van der Waals surface area contributed by atoms with Crippen molar-refractivity contribution < 1.29 is 9.59 Å². The second kappa shape index (κ2) is 11.5. The summed E-state index contributed by atoms with van der Waals surface area (Å²) in [5.74, 6) is 0.190. The van der Waals surface area contributed by atoms with Crippen LogP contribution in [0.15, 0.2) is 47.4 Å². The molecule has 0 bridgehead atoms. The highest BCUT2D eigenvalue weighted by atomic mass is 32.2. The van der Waals surface area contributed by atoms with E-state index in [-0.39, 0.29) is 23.0 Å². The van der Waals surface area contributed by atoms with Crippen LogP contribution in [-0.2, 0) is 10.2 Å². The molecule has 3 nitrogen and oxygen atoms in total. The number of rotatable bonds is 10. The molecule has 1 N–H and O–H groups in total. The number of ketones is 1. The predicted molar refractivity (Wildman–Crippen MR) is 133 cm³/mol. The fraction of sp³-hybridized carbons (Fsp3) is 0.481. The molecule has 0 saturated heterocycles. The van der Waals surface area contributed by atoms with Gasteiger partial charge in [-0.2, -0.15) is 0 Å². The summed E-state index contributed by atoms with van der Waals surface area (Å²) in [6, 6.07) is 14.1. The molecule has 168 valence electrons. The van der Waals surface area contributed by atoms with E-state index in [1.165, 1.54) is 16.9 Å². The highest BCUT2D eigenvalue weighted by molar-refractivity contribution is 7.98. The van der Waals surface area contributed by atoms with E-state index in [9.17, 15) is 9.59 Å². The fourth-order valence-corrected chi connectivity index (χ4v) is 4.64. The highest BCUT2D eigenvalue weighted by Gasteiger charge is 2.23. The SMILES string of the molecule is CCCCCC(CC(=O)Nc1cc(C(C)=O)ccc1C(C)(C)C)c1ccccc1SC. The van der Waals surface area contributed by atoms with E-state index in [4.69, 9.17) is 0 Å². The maximum Gasteiger partial charge on any atom is 0.224 e. The summed E-state index contributed by atoms with van der Waals surface area (Å²) in [5, 5.41) is 3.14. The molecule has 1 unspecified atom stereocenters. The monoisotopic (exact) mass is 439 g/mol. The summed E-state index contributed by atoms with van der Waals surface area (Å²) < 4.78 is 0. The number of nitrogens with one attached hydrogen (secondary N) is 1. The second-order valence-electron chi connectivity index (χ2n) is 9.25. The topological polar surface area (TPSA) is 46.2 Å². The maximum atomic E-state index is 13.2. The Morgan fingerprint density at radius 2 is 1.77 bits per heavy atom. The lowest BCUT2D eigenvalue weighted by atomic mass is 9.84. The fourth-order valence-electron chi connectivity index (χ4n) is 3.96. The van der Waals surface area contributed by atoms with Gasteiger partial charge in [0.1, 0.15) is 0 Å². The molecule has 0 radical (unpaired) electrons. The van der Waals surface area contributed by atoms with Crippen LogP contribution in [0.2, 0.25) is 0 Å². The zero-order chi connectivity index (χ0) is 23.0. The average Bonchev–Trinajstić information content (AvgIpc) is 2.72. The molecule has 0 spiro atoms. The van der Waals surface area contributed by atoms with Gasteiger partial charge < -0.3 is 5.32 Å². The number of unbranched alkanes of at least 4 members (excludes halogenated alkanes) is 2. The minimum absolute atomic E-state index is 0.00213. The molecule has 2 aromatic carbocycles. The van der Waals surface area contributed by atoms with Crippen molar-refractivity contribution in [1.29, 1.82) is 0 Å². The van der Waals surface area contributed by atoms with Crippen molar-refractivity contribution in [3.63, 3.8) is 0 Å². The van der Waals surface area contributed by atoms with E-state index in [2.05, 4.69) is 63.5 Å². The van der Waals surface area contributed by atoms with Crippen LogP contribution in [0.1, 0.15) is 94.1 Å². The van der Waals surface area contributed by atoms with Crippen LogP contribution in [0.5, 0.6) is 0 Å². The summed E-state index contributed by atoms with van der Waals surface area (Å²) in [6.45, 7) is 10.1. The smallest absolute Gasteiger partial charge is 0.224 e. The molecule has 2 rings (SSSR count). The number of hydrogen-bond acceptors (Lipinski definition) is 3. The Morgan fingerprint density at radius 3 is 2.39 bits per heavy atom. The van der Waals surface area contributed by atoms with Gasteiger partial charge in [0.2, 0.25) is 5.91 Å². The molecule has 0 aliphatic rings. The molecule has 0 fully saturated rings. The first-order valence-electron chi connectivity index (χ1n) is 11.3. The van der Waals surface area contributed by atoms with Gasteiger partial charge in [-0.15, -0.1) is 11.8 Å². The van der Waals surface area contributed by atoms with E-state index >= 15 is 0 Å². The van der Waals surface area contributed by atoms with Gasteiger partial charge in [0.25, 0.3) is 0 Å². The third-order valence-electron chi connectivity index (χ3n) is 5.67. The van der Waals surface area contributed by atoms with Crippen LogP contribution >= 0.6 is 11.8 Å². The number of benzene rings is 2. The normalized spacial score (nSPS) is 12.5. The third-order valence-corrected chi connectivity index (χ3v) is 6.49. The summed E-state index contributed by atoms with van der Waals surface area (Å²) in [7, 11) is 0. The van der Waals surface area contributed by atoms with Crippen molar-refractivity contribution in [1.82, 2.24) is 0 Å². The van der Waals surface area contributed by atoms with Gasteiger partial charge in [-0.3, -0.25) is 9.59 Å². The Morgan fingerprint density at radius 1 is 1.06 bits per heavy atom. The van der Waals surface area contributed by atoms with E-state index < -0.39 is 0 Å². The molecule has 2 aromatic rings. The van der Waals surface area contributed by atoms with Gasteiger partial charge >= 0.3 is 0 Å². The molecular formula is C27H37NO2S. The van der Waals surface area contributed by atoms with Crippen molar-refractivity contribution in [3.8, 4) is 0 Å². The van der Waals surface area contributed by atoms with Crippen LogP contribution in [0.3, 0.4) is 0 Å². The molecular weight excluding hydrogens is 402 g/mol. The second-order valence-corrected chi connectivity index (χ2v) is 10.1. The van der Waals surface area contributed by atoms with Crippen molar-refractivity contribution in [2.24, 2.45) is 0 Å². The number of anilines is 1. The third kappa shape index (κ3) is 7.24. The van der Waals surface area contributed by atoms with Gasteiger partial charge in [-0.25, -0.2) is 0 Å². The van der Waals surface area contributed by atoms with Crippen molar-refractivity contribution in [3.05, 3.63) is 59.2 Å². The van der Waals surface area contributed by atoms with Crippen LogP contribution in [0.4, 0.5) is 5.69 Å². The first-order valence-corrected chi connectivity index (χ1v) is 12.5. The number of thioether (sulfide) groups is 1. The molecule has 4 heteroatoms. The average molecular weight is 440 g/mol. The Balaban J connectivity index is 2.30. The molecule has 0 aromatic heterocycles. The molecule has 0 aliphatic heterocycles. The van der Waals surface area contributed by atoms with Gasteiger partial charge in [-0.1, -0.05) is 77.3 Å². The van der Waals surface area contributed by atoms with E-state index in [0.717, 1.165) is 30.5 Å². The minimum Gasteiger partial charge on any atom is -0.326 e. The van der Waals surface area contributed by atoms with Gasteiger partial charge in [0.05, 0.1) is 0 Å². The number of amides is 1. The van der Waals surface area contributed by atoms with Crippen LogP contribution in [0, 0.1) is 0 Å². The van der Waals surface area contributed by atoms with Crippen LogP contribution < -0.4 is 5.32 Å². The van der Waals surface area contributed by atoms with Gasteiger partial charge in [-0.05, 0) is 54.2 Å². The minimum atomic E-state index is -0.135. The zero-order valence-electron chi connectivity index (χ0n) is 19.9. The standard InChI is InChI=1S/C27H37NO2S/c1-7-8-9-12-21(22-13-10-11-14-25(22)31-6)18-26(30)28-24-17-20(19(2)29)15-16-23(24)27(3,4)5/h10-11,13-17,21H,7-9,12,18H2,1-6H3,(H,28,30). The lowest BCUT2D eigenvalue weighted by Crippen LogP contribution is -2.21. The van der Waals surface area contributed by atoms with Crippen LogP contribution in [-0.4, -0.2) is 17.9 Å². The van der Waals surface area contributed by atoms with Crippen LogP contribution in [0.25, 0.3) is 0 Å². The largest absolute Gasteiger partial charge is 0.326 e. The number of Topliss-reactive ketones (excluding diaryl/α,β-unsaturated/α-hetero) is 1. The Bertz CT molecular complexity index is 898. The Labute approximate surface area is 192 Å². The highest BCUT2D eigenvalue weighted by Crippen LogP contribution is 2.35. The van der Waals surface area contributed by atoms with E-state index in [1.807, 2.05) is 18.2 Å². The van der Waals surface area contributed by atoms with Crippen molar-refractivity contribution in [2.45, 2.75) is 83.0 Å². The van der Waals surface area contributed by atoms with Gasteiger partial charge in [0, 0.05) is 22.6 Å². The molecule has 1 amide bonds. The van der Waals surface area contributed by atoms with Gasteiger partial charge in [0.15, 0.2) is 5.78 Å². The molecule has 0 heterocycles. The lowest BCUT2D eigenvalue weighted by molar-refractivity contribution is -0.116. The molecule has 31 heavy (non-hydrogen) atoms. The van der Waals surface area contributed by atoms with E-state index in [0.29, 0.717) is 12.0 Å². The first kappa shape index (κ1) is 25.2. The predicted octanol–water partition coefficient (Wildman–Crippen LogP) is 7.60. The lowest BCUT2D eigenvalue weighted by Gasteiger charge is -2.25. The summed E-state index contributed by atoms with van der Waals surface area (Å²) >= 11 is 1.74. The van der Waals surface area contributed by atoms with E-state index in [1.54, 1.807) is 18.7 Å². The Kier molecular flexibility index (Phi) is 9.36. The summed E-state index contributed by atoms with van der Waals surface area (Å²) in [5.41, 5.74) is 3.53. The number of carbonyl (C=O) groups excluding carboxylic acids is 2. The first-order chi connectivity index (χ1) is 14.7. The number of carbonyl (C=O) groups is 2. The molecule has 1 atom stereocenters. The molecule has 0 saturated carbocycles. The number of hydrogen-bond donors (Lipinski definition) is 1. The molecule has 0 aliphatic carbocycles. The summed E-state index contributed by atoms with van der Waals surface area (Å²) in [4.78, 5) is 26.3. The Hall–Kier alpha value is -2.07. The summed E-state index contributed by atoms with van der Waals surface area (Å²) in [6.07, 6.45) is 6.98. The van der Waals surface area contributed by atoms with Crippen molar-refractivity contribution in [2.75, 3.05) is 11.6 Å².